The first-order valence-electron chi connectivity index (χ1n) is 7.17. The van der Waals surface area contributed by atoms with Gasteiger partial charge in [-0.2, -0.15) is 0 Å². The molecule has 1 N–H and O–H groups in total. The van der Waals surface area contributed by atoms with Gasteiger partial charge in [0.15, 0.2) is 0 Å². The smallest absolute Gasteiger partial charge is 0.0677 e. The molecular formula is C18H18BrNS. The first kappa shape index (κ1) is 14.8. The zero-order chi connectivity index (χ0) is 14.8. The first-order valence-corrected chi connectivity index (χ1v) is 8.78. The van der Waals surface area contributed by atoms with E-state index in [1.807, 2.05) is 11.3 Å². The molecule has 3 rings (SSSR count). The maximum Gasteiger partial charge on any atom is 0.0677 e. The van der Waals surface area contributed by atoms with E-state index in [2.05, 4.69) is 83.6 Å². The molecule has 3 heteroatoms. The Bertz CT molecular complexity index is 738. The Morgan fingerprint density at radius 1 is 1.14 bits per heavy atom. The van der Waals surface area contributed by atoms with Crippen molar-refractivity contribution in [3.8, 4) is 0 Å². The van der Waals surface area contributed by atoms with Gasteiger partial charge < -0.3 is 5.32 Å². The largest absolute Gasteiger partial charge is 0.306 e. The quantitative estimate of drug-likeness (QED) is 0.632. The monoisotopic (exact) mass is 359 g/mol. The van der Waals surface area contributed by atoms with E-state index < -0.39 is 0 Å². The average Bonchev–Trinajstić information content (AvgIpc) is 2.84. The second-order valence-corrected chi connectivity index (χ2v) is 7.25. The molecule has 1 atom stereocenters. The van der Waals surface area contributed by atoms with Crippen molar-refractivity contribution in [1.29, 1.82) is 0 Å². The minimum Gasteiger partial charge on any atom is -0.306 e. The molecule has 0 saturated carbocycles. The van der Waals surface area contributed by atoms with Gasteiger partial charge in [-0.15, -0.1) is 11.3 Å². The van der Waals surface area contributed by atoms with Crippen LogP contribution in [0.15, 0.2) is 53.0 Å². The Hall–Kier alpha value is -1.16. The van der Waals surface area contributed by atoms with E-state index in [0.29, 0.717) is 0 Å². The lowest BCUT2D eigenvalue weighted by Gasteiger charge is -2.19. The molecule has 0 radical (unpaired) electrons. The molecule has 1 unspecified atom stereocenters. The Balaban J connectivity index is 2.15. The summed E-state index contributed by atoms with van der Waals surface area (Å²) in [7, 11) is 0. The van der Waals surface area contributed by atoms with E-state index in [4.69, 9.17) is 0 Å². The van der Waals surface area contributed by atoms with Crippen molar-refractivity contribution < 1.29 is 0 Å². The van der Waals surface area contributed by atoms with E-state index in [-0.39, 0.29) is 6.04 Å². The van der Waals surface area contributed by atoms with Gasteiger partial charge in [-0.1, -0.05) is 49.4 Å². The molecule has 1 aromatic heterocycles. The van der Waals surface area contributed by atoms with Crippen LogP contribution in [0.2, 0.25) is 0 Å². The third-order valence-electron chi connectivity index (χ3n) is 3.70. The number of halogens is 1. The number of thiophene rings is 1. The summed E-state index contributed by atoms with van der Waals surface area (Å²) in [5, 5.41) is 6.26. The Morgan fingerprint density at radius 2 is 1.90 bits per heavy atom. The molecule has 0 bridgehead atoms. The van der Waals surface area contributed by atoms with Crippen LogP contribution in [0, 0.1) is 6.92 Å². The molecule has 3 aromatic rings. The lowest BCUT2D eigenvalue weighted by atomic mass is 9.97. The highest BCUT2D eigenvalue weighted by molar-refractivity contribution is 9.10. The van der Waals surface area contributed by atoms with Gasteiger partial charge in [-0.3, -0.25) is 0 Å². The topological polar surface area (TPSA) is 12.0 Å². The van der Waals surface area contributed by atoms with Gasteiger partial charge in [0.05, 0.1) is 6.04 Å². The SMILES string of the molecule is CCNC(c1cc(Br)c(C)s1)c1cccc2ccccc12. The number of nitrogens with one attached hydrogen (secondary N) is 1. The van der Waals surface area contributed by atoms with Gasteiger partial charge in [-0.25, -0.2) is 0 Å². The van der Waals surface area contributed by atoms with Gasteiger partial charge >= 0.3 is 0 Å². The summed E-state index contributed by atoms with van der Waals surface area (Å²) in [6.07, 6.45) is 0. The van der Waals surface area contributed by atoms with E-state index in [1.165, 1.54) is 30.6 Å². The highest BCUT2D eigenvalue weighted by atomic mass is 79.9. The lowest BCUT2D eigenvalue weighted by molar-refractivity contribution is 0.643. The van der Waals surface area contributed by atoms with Crippen LogP contribution in [0.3, 0.4) is 0 Å². The summed E-state index contributed by atoms with van der Waals surface area (Å²) in [6.45, 7) is 5.26. The Labute approximate surface area is 138 Å². The van der Waals surface area contributed by atoms with Gasteiger partial charge in [0.2, 0.25) is 0 Å². The van der Waals surface area contributed by atoms with Crippen LogP contribution in [0.5, 0.6) is 0 Å². The molecule has 0 amide bonds. The van der Waals surface area contributed by atoms with Crippen molar-refractivity contribution in [2.75, 3.05) is 6.54 Å². The molecular weight excluding hydrogens is 342 g/mol. The summed E-state index contributed by atoms with van der Waals surface area (Å²) in [4.78, 5) is 2.69. The van der Waals surface area contributed by atoms with Crippen molar-refractivity contribution in [3.05, 3.63) is 68.3 Å². The highest BCUT2D eigenvalue weighted by Gasteiger charge is 2.18. The second kappa shape index (κ2) is 6.30. The predicted molar refractivity (Wildman–Crippen MR) is 96.2 cm³/mol. The van der Waals surface area contributed by atoms with Crippen molar-refractivity contribution in [3.63, 3.8) is 0 Å². The van der Waals surface area contributed by atoms with Gasteiger partial charge in [0.1, 0.15) is 0 Å². The van der Waals surface area contributed by atoms with Crippen molar-refractivity contribution >= 4 is 38.0 Å². The molecule has 0 spiro atoms. The average molecular weight is 360 g/mol. The predicted octanol–water partition coefficient (Wildman–Crippen LogP) is 5.67. The number of aryl methyl sites for hydroxylation is 1. The molecule has 1 heterocycles. The summed E-state index contributed by atoms with van der Waals surface area (Å²) in [5.41, 5.74) is 1.35. The number of hydrogen-bond acceptors (Lipinski definition) is 2. The van der Waals surface area contributed by atoms with E-state index in [0.717, 1.165) is 6.54 Å². The van der Waals surface area contributed by atoms with E-state index in [1.54, 1.807) is 0 Å². The first-order chi connectivity index (χ1) is 10.2. The molecule has 1 nitrogen and oxygen atoms in total. The molecule has 0 aliphatic heterocycles. The minimum atomic E-state index is 0.246. The van der Waals surface area contributed by atoms with E-state index in [9.17, 15) is 0 Å². The van der Waals surface area contributed by atoms with Crippen molar-refractivity contribution in [2.24, 2.45) is 0 Å². The molecule has 2 aromatic carbocycles. The third kappa shape index (κ3) is 2.91. The van der Waals surface area contributed by atoms with Crippen LogP contribution < -0.4 is 5.32 Å². The van der Waals surface area contributed by atoms with Crippen LogP contribution in [0.4, 0.5) is 0 Å². The molecule has 0 aliphatic rings. The summed E-state index contributed by atoms with van der Waals surface area (Å²) >= 11 is 5.50. The summed E-state index contributed by atoms with van der Waals surface area (Å²) < 4.78 is 1.20. The standard InChI is InChI=1S/C18H18BrNS/c1-3-20-18(17-11-16(19)12(2)21-17)15-10-6-8-13-7-4-5-9-14(13)15/h4-11,18,20H,3H2,1-2H3. The van der Waals surface area contributed by atoms with Crippen molar-refractivity contribution in [1.82, 2.24) is 5.32 Å². The maximum absolute atomic E-state index is 3.64. The zero-order valence-corrected chi connectivity index (χ0v) is 14.6. The van der Waals surface area contributed by atoms with Crippen LogP contribution in [-0.2, 0) is 0 Å². The zero-order valence-electron chi connectivity index (χ0n) is 12.2. The van der Waals surface area contributed by atoms with Gasteiger partial charge in [0, 0.05) is 14.2 Å². The molecule has 21 heavy (non-hydrogen) atoms. The van der Waals surface area contributed by atoms with Crippen LogP contribution in [-0.4, -0.2) is 6.54 Å². The molecule has 108 valence electrons. The highest BCUT2D eigenvalue weighted by Crippen LogP contribution is 2.36. The van der Waals surface area contributed by atoms with Crippen LogP contribution in [0.25, 0.3) is 10.8 Å². The van der Waals surface area contributed by atoms with Crippen LogP contribution in [0.1, 0.15) is 28.3 Å². The number of rotatable bonds is 4. The maximum atomic E-state index is 3.64. The third-order valence-corrected chi connectivity index (χ3v) is 5.90. The van der Waals surface area contributed by atoms with E-state index >= 15 is 0 Å². The summed E-state index contributed by atoms with van der Waals surface area (Å²) in [6, 6.07) is 17.7. The fourth-order valence-corrected chi connectivity index (χ4v) is 4.35. The molecule has 0 aliphatic carbocycles. The number of benzene rings is 2. The fraction of sp³-hybridized carbons (Fsp3) is 0.222. The molecule has 0 fully saturated rings. The number of fused-ring (bicyclic) bond motifs is 1. The van der Waals surface area contributed by atoms with Gasteiger partial charge in [-0.05, 0) is 51.8 Å². The lowest BCUT2D eigenvalue weighted by Crippen LogP contribution is -2.21. The second-order valence-electron chi connectivity index (χ2n) is 5.11. The molecule has 0 saturated heterocycles. The Kier molecular flexibility index (Phi) is 4.43. The fourth-order valence-electron chi connectivity index (χ4n) is 2.69. The van der Waals surface area contributed by atoms with Crippen LogP contribution >= 0.6 is 27.3 Å². The minimum absolute atomic E-state index is 0.246. The Morgan fingerprint density at radius 3 is 2.62 bits per heavy atom. The van der Waals surface area contributed by atoms with Crippen molar-refractivity contribution in [2.45, 2.75) is 19.9 Å². The summed E-state index contributed by atoms with van der Waals surface area (Å²) in [5.74, 6) is 0. The number of hydrogen-bond donors (Lipinski definition) is 1. The normalized spacial score (nSPS) is 12.7. The van der Waals surface area contributed by atoms with Gasteiger partial charge in [0.25, 0.3) is 0 Å².